The van der Waals surface area contributed by atoms with Crippen molar-refractivity contribution in [2.45, 2.75) is 12.2 Å². The summed E-state index contributed by atoms with van der Waals surface area (Å²) >= 11 is -1.91. The normalized spacial score (nSPS) is 33.5. The first-order valence-corrected chi connectivity index (χ1v) is 8.76. The van der Waals surface area contributed by atoms with Crippen LogP contribution in [0.5, 0.6) is 0 Å². The first-order valence-electron chi connectivity index (χ1n) is 5.09. The highest BCUT2D eigenvalue weighted by atomic mass is 32.3. The molecule has 0 aliphatic carbocycles. The van der Waals surface area contributed by atoms with E-state index in [0.29, 0.717) is 0 Å². The molecule has 0 amide bonds. The zero-order valence-electron chi connectivity index (χ0n) is 9.70. The quantitative estimate of drug-likeness (QED) is 0.518. The van der Waals surface area contributed by atoms with Crippen LogP contribution in [-0.2, 0) is 57.3 Å². The van der Waals surface area contributed by atoms with Crippen molar-refractivity contribution >= 4 is 32.2 Å². The summed E-state index contributed by atoms with van der Waals surface area (Å²) in [5.41, 5.74) is 0. The van der Waals surface area contributed by atoms with Crippen LogP contribution in [-0.4, -0.2) is 59.7 Å². The minimum atomic E-state index is -4.38. The van der Waals surface area contributed by atoms with Gasteiger partial charge in [0.1, 0.15) is 12.2 Å². The van der Waals surface area contributed by atoms with E-state index in [1.165, 1.54) is 0 Å². The first kappa shape index (κ1) is 16.2. The van der Waals surface area contributed by atoms with Crippen LogP contribution in [0.4, 0.5) is 0 Å². The van der Waals surface area contributed by atoms with Crippen LogP contribution in [0.1, 0.15) is 0 Å². The second-order valence-electron chi connectivity index (χ2n) is 3.60. The molecular weight excluding hydrogens is 344 g/mol. The van der Waals surface area contributed by atoms with Crippen LogP contribution in [0.2, 0.25) is 0 Å². The van der Waals surface area contributed by atoms with Crippen molar-refractivity contribution in [2.75, 3.05) is 26.4 Å². The van der Waals surface area contributed by atoms with Gasteiger partial charge in [-0.3, -0.25) is 8.37 Å². The minimum absolute atomic E-state index is 0.0834. The molecule has 0 N–H and O–H groups in total. The van der Waals surface area contributed by atoms with Gasteiger partial charge in [-0.15, -0.1) is 0 Å². The standard InChI is InChI=1S/C6H10O11S3/c7-18-12-1-5(16-18)2-13-19(8,9)14-3-6-4-15-20(10,11)17-6/h5-6H,1-4H2. The van der Waals surface area contributed by atoms with Gasteiger partial charge in [0.15, 0.2) is 0 Å². The molecular formula is C6H10O11S3. The fourth-order valence-corrected chi connectivity index (χ4v) is 3.36. The molecule has 0 spiro atoms. The molecule has 0 aromatic carbocycles. The van der Waals surface area contributed by atoms with Gasteiger partial charge in [-0.25, -0.2) is 16.7 Å². The second kappa shape index (κ2) is 6.29. The van der Waals surface area contributed by atoms with Gasteiger partial charge in [0.2, 0.25) is 0 Å². The van der Waals surface area contributed by atoms with Crippen molar-refractivity contribution < 1.29 is 46.1 Å². The van der Waals surface area contributed by atoms with Crippen molar-refractivity contribution in [2.24, 2.45) is 0 Å². The zero-order valence-corrected chi connectivity index (χ0v) is 12.1. The molecule has 0 aromatic heterocycles. The van der Waals surface area contributed by atoms with Crippen molar-refractivity contribution in [3.63, 3.8) is 0 Å². The predicted octanol–water partition coefficient (Wildman–Crippen LogP) is -2.08. The Labute approximate surface area is 117 Å². The smallest absolute Gasteiger partial charge is 0.266 e. The Kier molecular flexibility index (Phi) is 5.09. The summed E-state index contributed by atoms with van der Waals surface area (Å²) in [6.07, 6.45) is -1.88. The SMILES string of the molecule is O=S1OCC(COS(=O)(=O)OCC2COS(=O)(=O)O2)O1. The van der Waals surface area contributed by atoms with E-state index in [2.05, 4.69) is 25.1 Å². The Balaban J connectivity index is 1.73. The lowest BCUT2D eigenvalue weighted by atomic mass is 10.4. The summed E-state index contributed by atoms with van der Waals surface area (Å²) < 4.78 is 81.4. The highest BCUT2D eigenvalue weighted by Crippen LogP contribution is 2.15. The van der Waals surface area contributed by atoms with Gasteiger partial charge in [-0.2, -0.15) is 21.0 Å². The minimum Gasteiger partial charge on any atom is -0.266 e. The maximum Gasteiger partial charge on any atom is 0.400 e. The topological polar surface area (TPSA) is 141 Å². The zero-order chi connectivity index (χ0) is 14.8. The van der Waals surface area contributed by atoms with Gasteiger partial charge < -0.3 is 0 Å². The van der Waals surface area contributed by atoms with E-state index in [1.807, 2.05) is 0 Å². The average Bonchev–Trinajstić information content (AvgIpc) is 2.91. The first-order chi connectivity index (χ1) is 9.26. The molecule has 14 heteroatoms. The van der Waals surface area contributed by atoms with Gasteiger partial charge in [-0.1, -0.05) is 0 Å². The molecule has 2 saturated heterocycles. The molecule has 2 aliphatic rings. The lowest BCUT2D eigenvalue weighted by molar-refractivity contribution is 0.108. The third kappa shape index (κ3) is 4.97. The molecule has 0 radical (unpaired) electrons. The molecule has 3 atom stereocenters. The molecule has 0 aromatic rings. The molecule has 11 nitrogen and oxygen atoms in total. The fraction of sp³-hybridized carbons (Fsp3) is 1.00. The molecule has 0 bridgehead atoms. The molecule has 2 heterocycles. The highest BCUT2D eigenvalue weighted by molar-refractivity contribution is 7.82. The van der Waals surface area contributed by atoms with E-state index in [1.54, 1.807) is 0 Å². The third-order valence-corrected chi connectivity index (χ3v) is 4.55. The van der Waals surface area contributed by atoms with E-state index < -0.39 is 57.6 Å². The fourth-order valence-electron chi connectivity index (χ4n) is 1.18. The average molecular weight is 354 g/mol. The Morgan fingerprint density at radius 3 is 2.30 bits per heavy atom. The third-order valence-electron chi connectivity index (χ3n) is 2.01. The van der Waals surface area contributed by atoms with E-state index in [-0.39, 0.29) is 13.2 Å². The van der Waals surface area contributed by atoms with Crippen LogP contribution in [0.3, 0.4) is 0 Å². The van der Waals surface area contributed by atoms with E-state index in [0.717, 1.165) is 0 Å². The molecule has 2 fully saturated rings. The van der Waals surface area contributed by atoms with E-state index in [9.17, 15) is 21.0 Å². The Morgan fingerprint density at radius 1 is 1.15 bits per heavy atom. The molecule has 118 valence electrons. The number of rotatable bonds is 6. The van der Waals surface area contributed by atoms with E-state index in [4.69, 9.17) is 0 Å². The monoisotopic (exact) mass is 354 g/mol. The summed E-state index contributed by atoms with van der Waals surface area (Å²) in [4.78, 5) is 0. The van der Waals surface area contributed by atoms with Gasteiger partial charge >= 0.3 is 32.2 Å². The van der Waals surface area contributed by atoms with E-state index >= 15 is 0 Å². The van der Waals surface area contributed by atoms with Crippen LogP contribution in [0.25, 0.3) is 0 Å². The van der Waals surface area contributed by atoms with Gasteiger partial charge in [0.25, 0.3) is 0 Å². The summed E-state index contributed by atoms with van der Waals surface area (Å²) in [5.74, 6) is 0. The van der Waals surface area contributed by atoms with Gasteiger partial charge in [-0.05, 0) is 0 Å². The van der Waals surface area contributed by atoms with Crippen LogP contribution in [0.15, 0.2) is 0 Å². The molecule has 2 rings (SSSR count). The number of hydrogen-bond donors (Lipinski definition) is 0. The Morgan fingerprint density at radius 2 is 1.80 bits per heavy atom. The van der Waals surface area contributed by atoms with Crippen molar-refractivity contribution in [1.82, 2.24) is 0 Å². The van der Waals surface area contributed by atoms with Gasteiger partial charge in [0, 0.05) is 0 Å². The van der Waals surface area contributed by atoms with Crippen molar-refractivity contribution in [3.05, 3.63) is 0 Å². The van der Waals surface area contributed by atoms with Crippen LogP contribution < -0.4 is 0 Å². The molecule has 2 aliphatic heterocycles. The summed E-state index contributed by atoms with van der Waals surface area (Å²) in [5, 5.41) is 0. The van der Waals surface area contributed by atoms with Crippen LogP contribution in [0, 0.1) is 0 Å². The lowest BCUT2D eigenvalue weighted by Crippen LogP contribution is -2.25. The molecule has 0 saturated carbocycles. The number of hydrogen-bond acceptors (Lipinski definition) is 11. The summed E-state index contributed by atoms with van der Waals surface area (Å²) in [7, 11) is -8.46. The van der Waals surface area contributed by atoms with Crippen LogP contribution >= 0.6 is 0 Å². The second-order valence-corrected chi connectivity index (χ2v) is 6.96. The Bertz CT molecular complexity index is 565. The Hall–Kier alpha value is -0.190. The summed E-state index contributed by atoms with van der Waals surface area (Å²) in [6, 6.07) is 0. The van der Waals surface area contributed by atoms with Crippen molar-refractivity contribution in [3.8, 4) is 0 Å². The highest BCUT2D eigenvalue weighted by Gasteiger charge is 2.32. The largest absolute Gasteiger partial charge is 0.400 e. The predicted molar refractivity (Wildman–Crippen MR) is 59.5 cm³/mol. The molecule has 3 unspecified atom stereocenters. The maximum absolute atomic E-state index is 11.3. The van der Waals surface area contributed by atoms with Crippen molar-refractivity contribution in [1.29, 1.82) is 0 Å². The lowest BCUT2D eigenvalue weighted by Gasteiger charge is -2.09. The molecule has 20 heavy (non-hydrogen) atoms. The van der Waals surface area contributed by atoms with Gasteiger partial charge in [0.05, 0.1) is 26.4 Å². The maximum atomic E-state index is 11.3. The summed E-state index contributed by atoms with van der Waals surface area (Å²) in [6.45, 7) is -1.47.